The number of carbonyl (C=O) groups is 1. The van der Waals surface area contributed by atoms with Gasteiger partial charge in [0, 0.05) is 24.7 Å². The number of fused-ring (bicyclic) bond motifs is 1. The van der Waals surface area contributed by atoms with Crippen LogP contribution >= 0.6 is 0 Å². The van der Waals surface area contributed by atoms with E-state index in [1.54, 1.807) is 0 Å². The van der Waals surface area contributed by atoms with E-state index in [0.717, 1.165) is 31.5 Å². The van der Waals surface area contributed by atoms with Crippen LogP contribution in [0.2, 0.25) is 0 Å². The van der Waals surface area contributed by atoms with Gasteiger partial charge in [-0.1, -0.05) is 31.5 Å². The first-order valence-corrected chi connectivity index (χ1v) is 7.44. The van der Waals surface area contributed by atoms with Crippen LogP contribution in [-0.4, -0.2) is 29.4 Å². The molecule has 1 aromatic rings. The van der Waals surface area contributed by atoms with Crippen LogP contribution in [0.4, 0.5) is 5.69 Å². The van der Waals surface area contributed by atoms with Gasteiger partial charge in [-0.15, -0.1) is 0 Å². The molecule has 3 rings (SSSR count). The van der Waals surface area contributed by atoms with Crippen molar-refractivity contribution in [2.45, 2.75) is 51.1 Å². The number of hydrogen-bond acceptors (Lipinski definition) is 2. The van der Waals surface area contributed by atoms with Crippen molar-refractivity contribution in [2.24, 2.45) is 0 Å². The van der Waals surface area contributed by atoms with E-state index >= 15 is 0 Å². The zero-order chi connectivity index (χ0) is 13.2. The molecule has 1 atom stereocenters. The molecule has 1 N–H and O–H groups in total. The van der Waals surface area contributed by atoms with Crippen LogP contribution in [0.3, 0.4) is 0 Å². The summed E-state index contributed by atoms with van der Waals surface area (Å²) >= 11 is 0. The van der Waals surface area contributed by atoms with Gasteiger partial charge >= 0.3 is 0 Å². The summed E-state index contributed by atoms with van der Waals surface area (Å²) in [5.74, 6) is 0.298. The van der Waals surface area contributed by atoms with Crippen molar-refractivity contribution in [1.29, 1.82) is 0 Å². The van der Waals surface area contributed by atoms with Crippen LogP contribution in [0.25, 0.3) is 0 Å². The minimum Gasteiger partial charge on any atom is -0.373 e. The second-order valence-corrected chi connectivity index (χ2v) is 5.67. The molecule has 3 heteroatoms. The molecule has 1 amide bonds. The lowest BCUT2D eigenvalue weighted by Crippen LogP contribution is -2.43. The maximum Gasteiger partial charge on any atom is 0.245 e. The third-order valence-corrected chi connectivity index (χ3v) is 4.09. The van der Waals surface area contributed by atoms with Crippen molar-refractivity contribution in [2.75, 3.05) is 11.9 Å². The van der Waals surface area contributed by atoms with Crippen LogP contribution in [0.15, 0.2) is 24.3 Å². The summed E-state index contributed by atoms with van der Waals surface area (Å²) in [5.41, 5.74) is 2.40. The molecule has 0 spiro atoms. The van der Waals surface area contributed by atoms with Crippen LogP contribution < -0.4 is 5.32 Å². The highest BCUT2D eigenvalue weighted by Gasteiger charge is 2.37. The molecular formula is C16H22N2O. The minimum absolute atomic E-state index is 0.0464. The summed E-state index contributed by atoms with van der Waals surface area (Å²) in [4.78, 5) is 14.8. The Morgan fingerprint density at radius 3 is 2.84 bits per heavy atom. The first-order valence-electron chi connectivity index (χ1n) is 7.44. The smallest absolute Gasteiger partial charge is 0.245 e. The SMILES string of the molecule is CCCCN(C(=O)[C@@H]1Cc2ccccc2N1)C1CC1. The monoisotopic (exact) mass is 258 g/mol. The van der Waals surface area contributed by atoms with Gasteiger partial charge < -0.3 is 10.2 Å². The van der Waals surface area contributed by atoms with E-state index in [-0.39, 0.29) is 6.04 Å². The van der Waals surface area contributed by atoms with E-state index in [9.17, 15) is 4.79 Å². The molecule has 102 valence electrons. The molecule has 0 unspecified atom stereocenters. The lowest BCUT2D eigenvalue weighted by atomic mass is 10.1. The summed E-state index contributed by atoms with van der Waals surface area (Å²) in [7, 11) is 0. The maximum absolute atomic E-state index is 12.7. The van der Waals surface area contributed by atoms with Crippen LogP contribution in [0.5, 0.6) is 0 Å². The standard InChI is InChI=1S/C16H22N2O/c1-2-3-10-18(13-8-9-13)16(19)15-11-12-6-4-5-7-14(12)17-15/h4-7,13,15,17H,2-3,8-11H2,1H3/t15-/m0/s1. The Morgan fingerprint density at radius 1 is 1.37 bits per heavy atom. The number of hydrogen-bond donors (Lipinski definition) is 1. The number of amides is 1. The average Bonchev–Trinajstić information content (AvgIpc) is 3.17. The van der Waals surface area contributed by atoms with Crippen LogP contribution in [-0.2, 0) is 11.2 Å². The molecule has 3 nitrogen and oxygen atoms in total. The molecule has 0 radical (unpaired) electrons. The third-order valence-electron chi connectivity index (χ3n) is 4.09. The van der Waals surface area contributed by atoms with Crippen LogP contribution in [0, 0.1) is 0 Å². The summed E-state index contributed by atoms with van der Waals surface area (Å²) in [6, 6.07) is 8.72. The van der Waals surface area contributed by atoms with Crippen LogP contribution in [0.1, 0.15) is 38.2 Å². The molecule has 1 saturated carbocycles. The molecule has 0 bridgehead atoms. The Hall–Kier alpha value is -1.51. The second kappa shape index (κ2) is 5.24. The topological polar surface area (TPSA) is 32.3 Å². The number of unbranched alkanes of at least 4 members (excludes halogenated alkanes) is 1. The number of para-hydroxylation sites is 1. The fourth-order valence-corrected chi connectivity index (χ4v) is 2.83. The number of carbonyl (C=O) groups excluding carboxylic acids is 1. The van der Waals surface area contributed by atoms with Crippen molar-refractivity contribution < 1.29 is 4.79 Å². The Balaban J connectivity index is 1.67. The number of rotatable bonds is 5. The van der Waals surface area contributed by atoms with E-state index in [2.05, 4.69) is 29.3 Å². The second-order valence-electron chi connectivity index (χ2n) is 5.67. The summed E-state index contributed by atoms with van der Waals surface area (Å²) in [6.07, 6.45) is 5.48. The lowest BCUT2D eigenvalue weighted by Gasteiger charge is -2.25. The summed E-state index contributed by atoms with van der Waals surface area (Å²) < 4.78 is 0. The zero-order valence-electron chi connectivity index (χ0n) is 11.6. The quantitative estimate of drug-likeness (QED) is 0.880. The number of benzene rings is 1. The minimum atomic E-state index is -0.0464. The normalized spacial score (nSPS) is 20.8. The van der Waals surface area contributed by atoms with Gasteiger partial charge in [0.15, 0.2) is 0 Å². The van der Waals surface area contributed by atoms with Gasteiger partial charge in [-0.05, 0) is 30.9 Å². The average molecular weight is 258 g/mol. The first-order chi connectivity index (χ1) is 9.29. The van der Waals surface area contributed by atoms with Crippen molar-refractivity contribution in [1.82, 2.24) is 4.90 Å². The predicted octanol–water partition coefficient (Wildman–Crippen LogP) is 2.81. The van der Waals surface area contributed by atoms with Crippen molar-refractivity contribution >= 4 is 11.6 Å². The molecule has 1 aliphatic heterocycles. The predicted molar refractivity (Wildman–Crippen MR) is 77.2 cm³/mol. The van der Waals surface area contributed by atoms with Gasteiger partial charge in [-0.3, -0.25) is 4.79 Å². The van der Waals surface area contributed by atoms with E-state index < -0.39 is 0 Å². The number of nitrogens with one attached hydrogen (secondary N) is 1. The van der Waals surface area contributed by atoms with Gasteiger partial charge in [-0.25, -0.2) is 0 Å². The summed E-state index contributed by atoms with van der Waals surface area (Å²) in [6.45, 7) is 3.10. The fourth-order valence-electron chi connectivity index (χ4n) is 2.83. The van der Waals surface area contributed by atoms with E-state index in [4.69, 9.17) is 0 Å². The van der Waals surface area contributed by atoms with Crippen molar-refractivity contribution in [3.05, 3.63) is 29.8 Å². The molecule has 2 aliphatic rings. The third kappa shape index (κ3) is 2.60. The van der Waals surface area contributed by atoms with E-state index in [1.165, 1.54) is 18.4 Å². The highest BCUT2D eigenvalue weighted by Crippen LogP contribution is 2.31. The van der Waals surface area contributed by atoms with E-state index in [0.29, 0.717) is 11.9 Å². The van der Waals surface area contributed by atoms with Gasteiger partial charge in [0.1, 0.15) is 6.04 Å². The van der Waals surface area contributed by atoms with Gasteiger partial charge in [-0.2, -0.15) is 0 Å². The largest absolute Gasteiger partial charge is 0.373 e. The van der Waals surface area contributed by atoms with E-state index in [1.807, 2.05) is 12.1 Å². The van der Waals surface area contributed by atoms with Crippen molar-refractivity contribution in [3.63, 3.8) is 0 Å². The Labute approximate surface area is 115 Å². The molecule has 1 aliphatic carbocycles. The maximum atomic E-state index is 12.7. The van der Waals surface area contributed by atoms with Gasteiger partial charge in [0.25, 0.3) is 0 Å². The fraction of sp³-hybridized carbons (Fsp3) is 0.562. The summed E-state index contributed by atoms with van der Waals surface area (Å²) in [5, 5.41) is 3.38. The molecule has 19 heavy (non-hydrogen) atoms. The highest BCUT2D eigenvalue weighted by atomic mass is 16.2. The van der Waals surface area contributed by atoms with Gasteiger partial charge in [0.05, 0.1) is 0 Å². The first kappa shape index (κ1) is 12.5. The molecule has 0 saturated heterocycles. The Kier molecular flexibility index (Phi) is 3.45. The molecular weight excluding hydrogens is 236 g/mol. The molecule has 0 aromatic heterocycles. The highest BCUT2D eigenvalue weighted by molar-refractivity contribution is 5.87. The number of nitrogens with zero attached hydrogens (tertiary/aromatic N) is 1. The molecule has 1 fully saturated rings. The Morgan fingerprint density at radius 2 is 2.16 bits per heavy atom. The number of anilines is 1. The zero-order valence-corrected chi connectivity index (χ0v) is 11.6. The Bertz CT molecular complexity index is 443. The lowest BCUT2D eigenvalue weighted by molar-refractivity contribution is -0.132. The van der Waals surface area contributed by atoms with Gasteiger partial charge in [0.2, 0.25) is 5.91 Å². The molecule has 1 aromatic carbocycles. The molecule has 1 heterocycles. The van der Waals surface area contributed by atoms with Crippen molar-refractivity contribution in [3.8, 4) is 0 Å².